The first-order chi connectivity index (χ1) is 17.2. The van der Waals surface area contributed by atoms with E-state index in [1.807, 2.05) is 66.7 Å². The molecule has 35 heavy (non-hydrogen) atoms. The summed E-state index contributed by atoms with van der Waals surface area (Å²) >= 11 is 0. The van der Waals surface area contributed by atoms with Gasteiger partial charge in [-0.05, 0) is 82.9 Å². The van der Waals surface area contributed by atoms with Crippen LogP contribution in [0.2, 0.25) is 0 Å². The highest BCUT2D eigenvalue weighted by atomic mass is 15.1. The van der Waals surface area contributed by atoms with Crippen LogP contribution in [-0.2, 0) is 0 Å². The summed E-state index contributed by atoms with van der Waals surface area (Å²) in [6.45, 7) is 0. The van der Waals surface area contributed by atoms with Gasteiger partial charge < -0.3 is 4.90 Å². The van der Waals surface area contributed by atoms with Crippen LogP contribution < -0.4 is 4.90 Å². The monoisotopic (exact) mass is 447 g/mol. The SMILES string of the molecule is N#Cc1cccc(-c2ccc(N(c3ccccc3)c3ccc(-c4cccc(C#N)c4)cc3)cc2)c1. The minimum atomic E-state index is 0.651. The van der Waals surface area contributed by atoms with Gasteiger partial charge in [0.1, 0.15) is 0 Å². The first-order valence-electron chi connectivity index (χ1n) is 11.3. The number of hydrogen-bond acceptors (Lipinski definition) is 3. The van der Waals surface area contributed by atoms with Crippen LogP contribution in [0, 0.1) is 22.7 Å². The van der Waals surface area contributed by atoms with Crippen molar-refractivity contribution in [1.82, 2.24) is 0 Å². The summed E-state index contributed by atoms with van der Waals surface area (Å²) < 4.78 is 0. The highest BCUT2D eigenvalue weighted by molar-refractivity contribution is 5.80. The van der Waals surface area contributed by atoms with Gasteiger partial charge in [-0.1, -0.05) is 66.7 Å². The van der Waals surface area contributed by atoms with Crippen molar-refractivity contribution in [1.29, 1.82) is 10.5 Å². The van der Waals surface area contributed by atoms with Crippen molar-refractivity contribution >= 4 is 17.1 Å². The number of para-hydroxylation sites is 1. The Bertz CT molecular complexity index is 1440. The fraction of sp³-hybridized carbons (Fsp3) is 0. The Balaban J connectivity index is 1.51. The van der Waals surface area contributed by atoms with Gasteiger partial charge in [-0.3, -0.25) is 0 Å². The third-order valence-electron chi connectivity index (χ3n) is 5.92. The molecule has 0 fully saturated rings. The van der Waals surface area contributed by atoms with E-state index in [1.165, 1.54) is 0 Å². The average molecular weight is 448 g/mol. The molecule has 0 spiro atoms. The van der Waals surface area contributed by atoms with Crippen LogP contribution in [-0.4, -0.2) is 0 Å². The normalized spacial score (nSPS) is 10.2. The van der Waals surface area contributed by atoms with Gasteiger partial charge in [0.05, 0.1) is 23.3 Å². The van der Waals surface area contributed by atoms with Crippen molar-refractivity contribution in [3.8, 4) is 34.4 Å². The Labute approximate surface area is 205 Å². The molecule has 0 aliphatic rings. The van der Waals surface area contributed by atoms with Crippen molar-refractivity contribution in [3.05, 3.63) is 139 Å². The summed E-state index contributed by atoms with van der Waals surface area (Å²) in [5.41, 5.74) is 8.60. The number of benzene rings is 5. The van der Waals surface area contributed by atoms with Crippen LogP contribution in [0.3, 0.4) is 0 Å². The van der Waals surface area contributed by atoms with E-state index in [-0.39, 0.29) is 0 Å². The molecule has 0 atom stereocenters. The molecular weight excluding hydrogens is 426 g/mol. The highest BCUT2D eigenvalue weighted by Crippen LogP contribution is 2.36. The van der Waals surface area contributed by atoms with E-state index in [0.29, 0.717) is 11.1 Å². The number of anilines is 3. The van der Waals surface area contributed by atoms with E-state index in [4.69, 9.17) is 0 Å². The maximum Gasteiger partial charge on any atom is 0.0991 e. The Morgan fingerprint density at radius 2 is 0.829 bits per heavy atom. The lowest BCUT2D eigenvalue weighted by Crippen LogP contribution is -2.09. The zero-order valence-electron chi connectivity index (χ0n) is 19.0. The molecule has 0 bridgehead atoms. The van der Waals surface area contributed by atoms with Gasteiger partial charge in [-0.15, -0.1) is 0 Å². The number of rotatable bonds is 5. The molecule has 0 aliphatic carbocycles. The van der Waals surface area contributed by atoms with E-state index in [0.717, 1.165) is 39.3 Å². The quantitative estimate of drug-likeness (QED) is 0.273. The Hall–Kier alpha value is -5.12. The van der Waals surface area contributed by atoms with Gasteiger partial charge in [0.25, 0.3) is 0 Å². The summed E-state index contributed by atoms with van der Waals surface area (Å²) in [6, 6.07) is 46.7. The van der Waals surface area contributed by atoms with Crippen molar-refractivity contribution in [2.45, 2.75) is 0 Å². The van der Waals surface area contributed by atoms with E-state index in [2.05, 4.69) is 77.7 Å². The fourth-order valence-electron chi connectivity index (χ4n) is 4.17. The van der Waals surface area contributed by atoms with Gasteiger partial charge in [-0.2, -0.15) is 10.5 Å². The van der Waals surface area contributed by atoms with E-state index in [1.54, 1.807) is 0 Å². The molecule has 5 rings (SSSR count). The summed E-state index contributed by atoms with van der Waals surface area (Å²) in [5.74, 6) is 0. The third kappa shape index (κ3) is 4.67. The smallest absolute Gasteiger partial charge is 0.0991 e. The van der Waals surface area contributed by atoms with Crippen LogP contribution in [0.25, 0.3) is 22.3 Å². The van der Waals surface area contributed by atoms with Crippen molar-refractivity contribution in [3.63, 3.8) is 0 Å². The maximum absolute atomic E-state index is 9.23. The molecule has 164 valence electrons. The topological polar surface area (TPSA) is 50.8 Å². The van der Waals surface area contributed by atoms with E-state index < -0.39 is 0 Å². The van der Waals surface area contributed by atoms with E-state index in [9.17, 15) is 10.5 Å². The number of nitrogens with zero attached hydrogens (tertiary/aromatic N) is 3. The minimum Gasteiger partial charge on any atom is -0.311 e. The second kappa shape index (κ2) is 9.79. The second-order valence-electron chi connectivity index (χ2n) is 8.15. The Kier molecular flexibility index (Phi) is 6.07. The van der Waals surface area contributed by atoms with E-state index >= 15 is 0 Å². The highest BCUT2D eigenvalue weighted by Gasteiger charge is 2.13. The molecule has 0 radical (unpaired) electrons. The summed E-state index contributed by atoms with van der Waals surface area (Å²) in [6.07, 6.45) is 0. The molecule has 5 aromatic carbocycles. The summed E-state index contributed by atoms with van der Waals surface area (Å²) in [4.78, 5) is 2.21. The molecule has 3 nitrogen and oxygen atoms in total. The van der Waals surface area contributed by atoms with Crippen LogP contribution in [0.5, 0.6) is 0 Å². The van der Waals surface area contributed by atoms with Crippen LogP contribution in [0.15, 0.2) is 127 Å². The van der Waals surface area contributed by atoms with Gasteiger partial charge in [0.2, 0.25) is 0 Å². The van der Waals surface area contributed by atoms with Gasteiger partial charge >= 0.3 is 0 Å². The van der Waals surface area contributed by atoms with Crippen LogP contribution in [0.4, 0.5) is 17.1 Å². The first kappa shape index (κ1) is 21.7. The van der Waals surface area contributed by atoms with Gasteiger partial charge in [0, 0.05) is 17.1 Å². The molecule has 0 saturated heterocycles. The van der Waals surface area contributed by atoms with Crippen LogP contribution in [0.1, 0.15) is 11.1 Å². The molecule has 5 aromatic rings. The van der Waals surface area contributed by atoms with Gasteiger partial charge in [0.15, 0.2) is 0 Å². The molecule has 0 heterocycles. The maximum atomic E-state index is 9.23. The molecular formula is C32H21N3. The summed E-state index contributed by atoms with van der Waals surface area (Å²) in [7, 11) is 0. The van der Waals surface area contributed by atoms with Crippen molar-refractivity contribution < 1.29 is 0 Å². The fourth-order valence-corrected chi connectivity index (χ4v) is 4.17. The third-order valence-corrected chi connectivity index (χ3v) is 5.92. The van der Waals surface area contributed by atoms with Gasteiger partial charge in [-0.25, -0.2) is 0 Å². The zero-order valence-corrected chi connectivity index (χ0v) is 19.0. The molecule has 3 heteroatoms. The first-order valence-corrected chi connectivity index (χ1v) is 11.3. The predicted molar refractivity (Wildman–Crippen MR) is 141 cm³/mol. The lowest BCUT2D eigenvalue weighted by Gasteiger charge is -2.26. The van der Waals surface area contributed by atoms with Crippen LogP contribution >= 0.6 is 0 Å². The Morgan fingerprint density at radius 3 is 1.26 bits per heavy atom. The lowest BCUT2D eigenvalue weighted by molar-refractivity contribution is 1.28. The number of nitriles is 2. The number of hydrogen-bond donors (Lipinski definition) is 0. The minimum absolute atomic E-state index is 0.651. The van der Waals surface area contributed by atoms with Crippen molar-refractivity contribution in [2.75, 3.05) is 4.90 Å². The molecule has 0 saturated carbocycles. The molecule has 0 aromatic heterocycles. The van der Waals surface area contributed by atoms with Crippen molar-refractivity contribution in [2.24, 2.45) is 0 Å². The summed E-state index contributed by atoms with van der Waals surface area (Å²) in [5, 5.41) is 18.5. The predicted octanol–water partition coefficient (Wildman–Crippen LogP) is 8.23. The average Bonchev–Trinajstić information content (AvgIpc) is 2.94. The zero-order chi connectivity index (χ0) is 24.0. The molecule has 0 unspecified atom stereocenters. The lowest BCUT2D eigenvalue weighted by atomic mass is 10.0. The largest absolute Gasteiger partial charge is 0.311 e. The second-order valence-corrected chi connectivity index (χ2v) is 8.15. The standard InChI is InChI=1S/C32H21N3/c33-22-24-6-4-8-28(20-24)26-12-16-31(17-13-26)35(30-10-2-1-3-11-30)32-18-14-27(15-19-32)29-9-5-7-25(21-29)23-34/h1-21H. The molecule has 0 aliphatic heterocycles. The molecule has 0 amide bonds. The Morgan fingerprint density at radius 1 is 0.400 bits per heavy atom. The molecule has 0 N–H and O–H groups in total.